The smallest absolute Gasteiger partial charge is 0.239 e. The van der Waals surface area contributed by atoms with E-state index in [9.17, 15) is 4.79 Å². The standard InChI is InChI=1S/C12H16BrN3O2S/c1-18-5-4-15-11(17)7-16-8-2-3-9(12(14)19)10(13)6-8/h2-3,6,16H,4-5,7H2,1H3,(H2,14,19)(H,15,17). The fraction of sp³-hybridized carbons (Fsp3) is 0.333. The summed E-state index contributed by atoms with van der Waals surface area (Å²) in [5.41, 5.74) is 7.14. The van der Waals surface area contributed by atoms with E-state index < -0.39 is 0 Å². The number of anilines is 1. The summed E-state index contributed by atoms with van der Waals surface area (Å²) in [6, 6.07) is 5.45. The molecule has 0 saturated heterocycles. The number of amides is 1. The van der Waals surface area contributed by atoms with Crippen molar-refractivity contribution in [2.75, 3.05) is 32.1 Å². The lowest BCUT2D eigenvalue weighted by molar-refractivity contribution is -0.119. The topological polar surface area (TPSA) is 76.4 Å². The zero-order valence-corrected chi connectivity index (χ0v) is 12.9. The van der Waals surface area contributed by atoms with Gasteiger partial charge in [-0.15, -0.1) is 0 Å². The minimum Gasteiger partial charge on any atom is -0.389 e. The molecule has 0 aliphatic heterocycles. The van der Waals surface area contributed by atoms with E-state index in [1.807, 2.05) is 12.1 Å². The zero-order chi connectivity index (χ0) is 14.3. The van der Waals surface area contributed by atoms with Gasteiger partial charge >= 0.3 is 0 Å². The van der Waals surface area contributed by atoms with E-state index in [1.54, 1.807) is 13.2 Å². The van der Waals surface area contributed by atoms with Gasteiger partial charge in [0.25, 0.3) is 0 Å². The molecule has 7 heteroatoms. The van der Waals surface area contributed by atoms with Crippen molar-refractivity contribution in [2.24, 2.45) is 5.73 Å². The third-order valence-electron chi connectivity index (χ3n) is 2.32. The summed E-state index contributed by atoms with van der Waals surface area (Å²) in [5, 5.41) is 5.73. The summed E-state index contributed by atoms with van der Waals surface area (Å²) in [6.45, 7) is 1.20. The Balaban J connectivity index is 2.48. The van der Waals surface area contributed by atoms with Crippen molar-refractivity contribution in [3.63, 3.8) is 0 Å². The van der Waals surface area contributed by atoms with Crippen LogP contribution in [-0.2, 0) is 9.53 Å². The second-order valence-electron chi connectivity index (χ2n) is 3.76. The van der Waals surface area contributed by atoms with Crippen molar-refractivity contribution in [3.05, 3.63) is 28.2 Å². The number of nitrogens with two attached hydrogens (primary N) is 1. The van der Waals surface area contributed by atoms with Crippen LogP contribution in [0.2, 0.25) is 0 Å². The molecule has 19 heavy (non-hydrogen) atoms. The van der Waals surface area contributed by atoms with E-state index in [4.69, 9.17) is 22.7 Å². The molecule has 5 nitrogen and oxygen atoms in total. The largest absolute Gasteiger partial charge is 0.389 e. The quantitative estimate of drug-likeness (QED) is 0.512. The van der Waals surface area contributed by atoms with Gasteiger partial charge in [0.2, 0.25) is 5.91 Å². The SMILES string of the molecule is COCCNC(=O)CNc1ccc(C(N)=S)c(Br)c1. The predicted molar refractivity (Wildman–Crippen MR) is 83.4 cm³/mol. The summed E-state index contributed by atoms with van der Waals surface area (Å²) in [7, 11) is 1.59. The minimum absolute atomic E-state index is 0.0911. The Morgan fingerprint density at radius 2 is 2.26 bits per heavy atom. The molecule has 0 atom stereocenters. The molecule has 1 amide bonds. The van der Waals surface area contributed by atoms with Crippen LogP contribution >= 0.6 is 28.1 Å². The molecule has 0 saturated carbocycles. The van der Waals surface area contributed by atoms with E-state index in [-0.39, 0.29) is 12.5 Å². The summed E-state index contributed by atoms with van der Waals surface area (Å²) in [6.07, 6.45) is 0. The Hall–Kier alpha value is -1.18. The number of benzene rings is 1. The molecule has 0 bridgehead atoms. The average Bonchev–Trinajstić information content (AvgIpc) is 2.36. The fourth-order valence-electron chi connectivity index (χ4n) is 1.36. The van der Waals surface area contributed by atoms with Gasteiger partial charge in [-0.1, -0.05) is 12.2 Å². The molecule has 0 aliphatic carbocycles. The number of ether oxygens (including phenoxy) is 1. The number of thiocarbonyl (C=S) groups is 1. The van der Waals surface area contributed by atoms with Crippen LogP contribution in [-0.4, -0.2) is 37.7 Å². The molecule has 0 aromatic heterocycles. The highest BCUT2D eigenvalue weighted by molar-refractivity contribution is 9.10. The first kappa shape index (κ1) is 15.9. The van der Waals surface area contributed by atoms with Gasteiger partial charge in [-0.25, -0.2) is 0 Å². The second-order valence-corrected chi connectivity index (χ2v) is 5.05. The van der Waals surface area contributed by atoms with E-state index >= 15 is 0 Å². The second kappa shape index (κ2) is 8.08. The lowest BCUT2D eigenvalue weighted by atomic mass is 10.2. The fourth-order valence-corrected chi connectivity index (χ4v) is 2.26. The van der Waals surface area contributed by atoms with Gasteiger partial charge in [0.1, 0.15) is 4.99 Å². The maximum absolute atomic E-state index is 11.5. The first-order valence-electron chi connectivity index (χ1n) is 5.63. The van der Waals surface area contributed by atoms with Gasteiger partial charge in [-0.2, -0.15) is 0 Å². The van der Waals surface area contributed by atoms with Crippen molar-refractivity contribution in [2.45, 2.75) is 0 Å². The van der Waals surface area contributed by atoms with Crippen LogP contribution in [0, 0.1) is 0 Å². The van der Waals surface area contributed by atoms with Crippen molar-refractivity contribution in [1.29, 1.82) is 0 Å². The number of carbonyl (C=O) groups excluding carboxylic acids is 1. The lowest BCUT2D eigenvalue weighted by Crippen LogP contribution is -2.32. The monoisotopic (exact) mass is 345 g/mol. The Morgan fingerprint density at radius 1 is 1.53 bits per heavy atom. The van der Waals surface area contributed by atoms with E-state index in [0.717, 1.165) is 15.7 Å². The molecule has 0 aliphatic rings. The Labute approximate surface area is 126 Å². The summed E-state index contributed by atoms with van der Waals surface area (Å²) < 4.78 is 5.64. The molecular formula is C12H16BrN3O2S. The molecule has 1 aromatic carbocycles. The van der Waals surface area contributed by atoms with Crippen LogP contribution in [0.1, 0.15) is 5.56 Å². The number of carbonyl (C=O) groups is 1. The normalized spacial score (nSPS) is 10.0. The highest BCUT2D eigenvalue weighted by Crippen LogP contribution is 2.21. The number of rotatable bonds is 7. The van der Waals surface area contributed by atoms with Crippen LogP contribution in [0.15, 0.2) is 22.7 Å². The number of halogens is 1. The first-order valence-corrected chi connectivity index (χ1v) is 6.83. The summed E-state index contributed by atoms with van der Waals surface area (Å²) in [5.74, 6) is -0.0911. The third kappa shape index (κ3) is 5.54. The van der Waals surface area contributed by atoms with Crippen LogP contribution in [0.5, 0.6) is 0 Å². The number of nitrogens with one attached hydrogen (secondary N) is 2. The van der Waals surface area contributed by atoms with Gasteiger partial charge in [0.05, 0.1) is 13.2 Å². The number of hydrogen-bond acceptors (Lipinski definition) is 4. The maximum atomic E-state index is 11.5. The Bertz CT molecular complexity index is 468. The molecule has 4 N–H and O–H groups in total. The zero-order valence-electron chi connectivity index (χ0n) is 10.5. The van der Waals surface area contributed by atoms with E-state index in [0.29, 0.717) is 18.1 Å². The molecule has 104 valence electrons. The van der Waals surface area contributed by atoms with E-state index in [2.05, 4.69) is 26.6 Å². The van der Waals surface area contributed by atoms with Crippen molar-refractivity contribution in [1.82, 2.24) is 5.32 Å². The van der Waals surface area contributed by atoms with E-state index in [1.165, 1.54) is 0 Å². The first-order chi connectivity index (χ1) is 9.04. The lowest BCUT2D eigenvalue weighted by Gasteiger charge is -2.09. The predicted octanol–water partition coefficient (Wildman–Crippen LogP) is 1.26. The van der Waals surface area contributed by atoms with Crippen LogP contribution in [0.4, 0.5) is 5.69 Å². The molecule has 1 aromatic rings. The number of hydrogen-bond donors (Lipinski definition) is 3. The van der Waals surface area contributed by atoms with Gasteiger partial charge in [-0.3, -0.25) is 4.79 Å². The molecule has 0 unspecified atom stereocenters. The molecule has 0 fully saturated rings. The summed E-state index contributed by atoms with van der Waals surface area (Å²) >= 11 is 8.29. The van der Waals surface area contributed by atoms with Crippen LogP contribution < -0.4 is 16.4 Å². The van der Waals surface area contributed by atoms with Crippen LogP contribution in [0.25, 0.3) is 0 Å². The Kier molecular flexibility index (Phi) is 6.75. The molecular weight excluding hydrogens is 330 g/mol. The molecule has 0 spiro atoms. The molecule has 0 radical (unpaired) electrons. The van der Waals surface area contributed by atoms with Gasteiger partial charge < -0.3 is 21.1 Å². The Morgan fingerprint density at radius 3 is 2.84 bits per heavy atom. The van der Waals surface area contributed by atoms with Gasteiger partial charge in [0, 0.05) is 29.4 Å². The third-order valence-corrected chi connectivity index (χ3v) is 3.19. The molecule has 1 rings (SSSR count). The van der Waals surface area contributed by atoms with Crippen molar-refractivity contribution >= 4 is 44.7 Å². The highest BCUT2D eigenvalue weighted by atomic mass is 79.9. The maximum Gasteiger partial charge on any atom is 0.239 e. The van der Waals surface area contributed by atoms with Crippen LogP contribution in [0.3, 0.4) is 0 Å². The van der Waals surface area contributed by atoms with Gasteiger partial charge in [-0.05, 0) is 34.1 Å². The average molecular weight is 346 g/mol. The van der Waals surface area contributed by atoms with Crippen molar-refractivity contribution < 1.29 is 9.53 Å². The number of methoxy groups -OCH3 is 1. The highest BCUT2D eigenvalue weighted by Gasteiger charge is 2.05. The molecule has 0 heterocycles. The minimum atomic E-state index is -0.0911. The van der Waals surface area contributed by atoms with Gasteiger partial charge in [0.15, 0.2) is 0 Å². The summed E-state index contributed by atoms with van der Waals surface area (Å²) in [4.78, 5) is 11.8. The van der Waals surface area contributed by atoms with Crippen molar-refractivity contribution in [3.8, 4) is 0 Å².